The van der Waals surface area contributed by atoms with Crippen molar-refractivity contribution in [1.29, 1.82) is 0 Å². The van der Waals surface area contributed by atoms with Gasteiger partial charge in [-0.1, -0.05) is 24.6 Å². The smallest absolute Gasteiger partial charge is 0.164 e. The number of halogens is 1. The quantitative estimate of drug-likeness (QED) is 0.586. The van der Waals surface area contributed by atoms with Gasteiger partial charge < -0.3 is 15.2 Å². The van der Waals surface area contributed by atoms with Crippen LogP contribution < -0.4 is 15.2 Å². The molecule has 0 saturated carbocycles. The predicted molar refractivity (Wildman–Crippen MR) is 80.3 cm³/mol. The van der Waals surface area contributed by atoms with Gasteiger partial charge in [-0.25, -0.2) is 0 Å². The minimum atomic E-state index is 0.0879. The van der Waals surface area contributed by atoms with Crippen LogP contribution in [0.5, 0.6) is 11.5 Å². The maximum absolute atomic E-state index is 6.10. The van der Waals surface area contributed by atoms with E-state index in [-0.39, 0.29) is 6.04 Å². The lowest BCUT2D eigenvalue weighted by molar-refractivity contribution is 0.296. The van der Waals surface area contributed by atoms with Crippen molar-refractivity contribution in [3.05, 3.63) is 35.4 Å². The Balaban J connectivity index is 3.02. The fourth-order valence-corrected chi connectivity index (χ4v) is 1.99. The zero-order valence-corrected chi connectivity index (χ0v) is 12.4. The Bertz CT molecular complexity index is 421. The molecule has 0 aliphatic rings. The third kappa shape index (κ3) is 4.77. The van der Waals surface area contributed by atoms with Gasteiger partial charge in [0.15, 0.2) is 11.5 Å². The van der Waals surface area contributed by atoms with Gasteiger partial charge >= 0.3 is 0 Å². The van der Waals surface area contributed by atoms with E-state index >= 15 is 0 Å². The lowest BCUT2D eigenvalue weighted by Gasteiger charge is -2.17. The zero-order valence-electron chi connectivity index (χ0n) is 11.6. The van der Waals surface area contributed by atoms with Crippen LogP contribution in [0, 0.1) is 0 Å². The van der Waals surface area contributed by atoms with E-state index in [0.29, 0.717) is 17.4 Å². The topological polar surface area (TPSA) is 44.5 Å². The normalized spacial score (nSPS) is 12.0. The molecule has 0 aliphatic heterocycles. The second kappa shape index (κ2) is 8.08. The molecule has 2 N–H and O–H groups in total. The molecule has 1 unspecified atom stereocenters. The molecule has 1 aromatic carbocycles. The molecular formula is C15H22ClNO2. The summed E-state index contributed by atoms with van der Waals surface area (Å²) in [5.74, 6) is 1.38. The zero-order chi connectivity index (χ0) is 14.3. The van der Waals surface area contributed by atoms with Gasteiger partial charge in [0, 0.05) is 22.7 Å². The molecule has 0 heterocycles. The second-order valence-electron chi connectivity index (χ2n) is 4.39. The standard InChI is InChI=1S/C15H22ClNO2/c1-4-6-7-19-15-11(9-13(17)5-2)8-12(16)10-14(15)18-3/h4,8,10,13H,1,5-7,9,17H2,2-3H3. The number of methoxy groups -OCH3 is 1. The van der Waals surface area contributed by atoms with Crippen molar-refractivity contribution in [2.24, 2.45) is 5.73 Å². The van der Waals surface area contributed by atoms with Crippen molar-refractivity contribution >= 4 is 11.6 Å². The second-order valence-corrected chi connectivity index (χ2v) is 4.83. The first-order valence-corrected chi connectivity index (χ1v) is 6.85. The largest absolute Gasteiger partial charge is 0.493 e. The van der Waals surface area contributed by atoms with E-state index in [1.54, 1.807) is 13.2 Å². The summed E-state index contributed by atoms with van der Waals surface area (Å²) in [6.45, 7) is 6.31. The first-order chi connectivity index (χ1) is 9.12. The van der Waals surface area contributed by atoms with Gasteiger partial charge in [0.1, 0.15) is 0 Å². The Morgan fingerprint density at radius 2 is 2.21 bits per heavy atom. The van der Waals surface area contributed by atoms with E-state index in [2.05, 4.69) is 13.5 Å². The summed E-state index contributed by atoms with van der Waals surface area (Å²) >= 11 is 6.10. The molecule has 4 heteroatoms. The molecule has 0 aliphatic carbocycles. The monoisotopic (exact) mass is 283 g/mol. The molecule has 3 nitrogen and oxygen atoms in total. The summed E-state index contributed by atoms with van der Waals surface area (Å²) in [4.78, 5) is 0. The lowest BCUT2D eigenvalue weighted by atomic mass is 10.0. The van der Waals surface area contributed by atoms with Crippen LogP contribution in [0.15, 0.2) is 24.8 Å². The van der Waals surface area contributed by atoms with Crippen LogP contribution in [0.4, 0.5) is 0 Å². The van der Waals surface area contributed by atoms with Crippen LogP contribution in [0.3, 0.4) is 0 Å². The molecule has 0 spiro atoms. The predicted octanol–water partition coefficient (Wildman–Crippen LogP) is 3.58. The third-order valence-electron chi connectivity index (χ3n) is 2.89. The maximum Gasteiger partial charge on any atom is 0.164 e. The van der Waals surface area contributed by atoms with Gasteiger partial charge in [-0.15, -0.1) is 6.58 Å². The number of hydrogen-bond acceptors (Lipinski definition) is 3. The summed E-state index contributed by atoms with van der Waals surface area (Å²) < 4.78 is 11.1. The molecule has 1 atom stereocenters. The highest BCUT2D eigenvalue weighted by Gasteiger charge is 2.14. The van der Waals surface area contributed by atoms with Crippen LogP contribution in [-0.4, -0.2) is 19.8 Å². The Morgan fingerprint density at radius 1 is 1.47 bits per heavy atom. The summed E-state index contributed by atoms with van der Waals surface area (Å²) in [7, 11) is 1.61. The molecule has 0 amide bonds. The minimum Gasteiger partial charge on any atom is -0.493 e. The van der Waals surface area contributed by atoms with E-state index in [9.17, 15) is 0 Å². The highest BCUT2D eigenvalue weighted by molar-refractivity contribution is 6.30. The Kier molecular flexibility index (Phi) is 6.74. The van der Waals surface area contributed by atoms with Gasteiger partial charge in [0.2, 0.25) is 0 Å². The van der Waals surface area contributed by atoms with Gasteiger partial charge in [-0.3, -0.25) is 0 Å². The van der Waals surface area contributed by atoms with Crippen LogP contribution in [-0.2, 0) is 6.42 Å². The fourth-order valence-electron chi connectivity index (χ4n) is 1.76. The molecule has 1 rings (SSSR count). The average molecular weight is 284 g/mol. The molecular weight excluding hydrogens is 262 g/mol. The van der Waals surface area contributed by atoms with Crippen molar-refractivity contribution in [3.8, 4) is 11.5 Å². The van der Waals surface area contributed by atoms with Gasteiger partial charge in [-0.05, 0) is 25.3 Å². The fraction of sp³-hybridized carbons (Fsp3) is 0.467. The summed E-state index contributed by atoms with van der Waals surface area (Å²) in [6.07, 6.45) is 4.22. The number of hydrogen-bond donors (Lipinski definition) is 1. The average Bonchev–Trinajstić information content (AvgIpc) is 2.40. The maximum atomic E-state index is 6.10. The van der Waals surface area contributed by atoms with Crippen molar-refractivity contribution in [2.75, 3.05) is 13.7 Å². The molecule has 0 saturated heterocycles. The summed E-state index contributed by atoms with van der Waals surface area (Å²) in [5, 5.41) is 0.631. The van der Waals surface area contributed by atoms with Crippen LogP contribution in [0.1, 0.15) is 25.3 Å². The van der Waals surface area contributed by atoms with Crippen LogP contribution >= 0.6 is 11.6 Å². The molecule has 0 fully saturated rings. The number of ether oxygens (including phenoxy) is 2. The van der Waals surface area contributed by atoms with E-state index < -0.39 is 0 Å². The van der Waals surface area contributed by atoms with E-state index in [1.165, 1.54) is 0 Å². The minimum absolute atomic E-state index is 0.0879. The molecule has 0 radical (unpaired) electrons. The molecule has 0 bridgehead atoms. The van der Waals surface area contributed by atoms with Crippen molar-refractivity contribution in [1.82, 2.24) is 0 Å². The summed E-state index contributed by atoms with van der Waals surface area (Å²) in [5.41, 5.74) is 7.00. The number of nitrogens with two attached hydrogens (primary N) is 1. The van der Waals surface area contributed by atoms with Crippen molar-refractivity contribution in [2.45, 2.75) is 32.2 Å². The van der Waals surface area contributed by atoms with Crippen molar-refractivity contribution in [3.63, 3.8) is 0 Å². The first kappa shape index (κ1) is 15.9. The lowest BCUT2D eigenvalue weighted by Crippen LogP contribution is -2.22. The van der Waals surface area contributed by atoms with E-state index in [4.69, 9.17) is 26.8 Å². The van der Waals surface area contributed by atoms with Gasteiger partial charge in [0.05, 0.1) is 13.7 Å². The van der Waals surface area contributed by atoms with Gasteiger partial charge in [0.25, 0.3) is 0 Å². The van der Waals surface area contributed by atoms with Crippen molar-refractivity contribution < 1.29 is 9.47 Å². The highest BCUT2D eigenvalue weighted by atomic mass is 35.5. The Hall–Kier alpha value is -1.19. The SMILES string of the molecule is C=CCCOc1c(CC(N)CC)cc(Cl)cc1OC. The number of rotatable bonds is 8. The first-order valence-electron chi connectivity index (χ1n) is 6.48. The molecule has 1 aromatic rings. The molecule has 106 valence electrons. The number of benzene rings is 1. The molecule has 19 heavy (non-hydrogen) atoms. The van der Waals surface area contributed by atoms with Gasteiger partial charge in [-0.2, -0.15) is 0 Å². The summed E-state index contributed by atoms with van der Waals surface area (Å²) in [6, 6.07) is 3.74. The van der Waals surface area contributed by atoms with Crippen LogP contribution in [0.2, 0.25) is 5.02 Å². The third-order valence-corrected chi connectivity index (χ3v) is 3.11. The Morgan fingerprint density at radius 3 is 2.79 bits per heavy atom. The Labute approximate surface area is 120 Å². The van der Waals surface area contributed by atoms with Crippen LogP contribution in [0.25, 0.3) is 0 Å². The molecule has 0 aromatic heterocycles. The highest BCUT2D eigenvalue weighted by Crippen LogP contribution is 2.35. The van der Waals surface area contributed by atoms with E-state index in [1.807, 2.05) is 12.1 Å². The van der Waals surface area contributed by atoms with E-state index in [0.717, 1.165) is 30.6 Å².